The Morgan fingerprint density at radius 3 is 2.64 bits per heavy atom. The van der Waals surface area contributed by atoms with Gasteiger partial charge in [0.1, 0.15) is 5.01 Å². The highest BCUT2D eigenvalue weighted by Gasteiger charge is 2.10. The minimum absolute atomic E-state index is 0.173. The van der Waals surface area contributed by atoms with E-state index in [2.05, 4.69) is 20.8 Å². The molecular formula is C19H24N4O3S2. The van der Waals surface area contributed by atoms with E-state index in [-0.39, 0.29) is 29.8 Å². The summed E-state index contributed by atoms with van der Waals surface area (Å²) in [5, 5.41) is 14.9. The molecule has 0 bridgehead atoms. The normalized spacial score (nSPS) is 10.3. The summed E-state index contributed by atoms with van der Waals surface area (Å²) >= 11 is 6.46. The number of amides is 1. The summed E-state index contributed by atoms with van der Waals surface area (Å²) in [6, 6.07) is 10.1. The molecule has 0 atom stereocenters. The van der Waals surface area contributed by atoms with Crippen molar-refractivity contribution in [3.63, 3.8) is 0 Å². The molecule has 7 nitrogen and oxygen atoms in total. The molecule has 9 heteroatoms. The molecule has 0 saturated carbocycles. The molecule has 0 spiro atoms. The Labute approximate surface area is 173 Å². The van der Waals surface area contributed by atoms with Gasteiger partial charge in [0.25, 0.3) is 0 Å². The zero-order valence-electron chi connectivity index (χ0n) is 15.8. The second-order valence-electron chi connectivity index (χ2n) is 6.02. The van der Waals surface area contributed by atoms with Crippen LogP contribution < -0.4 is 10.6 Å². The molecule has 28 heavy (non-hydrogen) atoms. The van der Waals surface area contributed by atoms with E-state index >= 15 is 0 Å². The van der Waals surface area contributed by atoms with Crippen LogP contribution in [0.2, 0.25) is 0 Å². The average molecular weight is 421 g/mol. The van der Waals surface area contributed by atoms with Gasteiger partial charge in [-0.2, -0.15) is 0 Å². The maximum atomic E-state index is 11.9. The first-order valence-electron chi connectivity index (χ1n) is 9.19. The first-order valence-corrected chi connectivity index (χ1v) is 10.4. The van der Waals surface area contributed by atoms with E-state index in [9.17, 15) is 9.59 Å². The lowest BCUT2D eigenvalue weighted by Gasteiger charge is -2.07. The van der Waals surface area contributed by atoms with Gasteiger partial charge in [-0.05, 0) is 43.5 Å². The van der Waals surface area contributed by atoms with Crippen molar-refractivity contribution in [2.45, 2.75) is 45.4 Å². The molecule has 0 aliphatic rings. The van der Waals surface area contributed by atoms with E-state index < -0.39 is 0 Å². The van der Waals surface area contributed by atoms with Crippen LogP contribution in [0.3, 0.4) is 0 Å². The number of hydrogen-bond donors (Lipinski definition) is 2. The van der Waals surface area contributed by atoms with Crippen molar-refractivity contribution < 1.29 is 14.3 Å². The number of carbonyl (C=O) groups is 2. The van der Waals surface area contributed by atoms with Gasteiger partial charge in [0, 0.05) is 12.8 Å². The summed E-state index contributed by atoms with van der Waals surface area (Å²) in [6.07, 6.45) is 3.24. The van der Waals surface area contributed by atoms with E-state index in [4.69, 9.17) is 17.0 Å². The summed E-state index contributed by atoms with van der Waals surface area (Å²) < 4.78 is 5.20. The van der Waals surface area contributed by atoms with Gasteiger partial charge in [-0.25, -0.2) is 0 Å². The van der Waals surface area contributed by atoms with Crippen LogP contribution in [0.25, 0.3) is 0 Å². The topological polar surface area (TPSA) is 93.2 Å². The van der Waals surface area contributed by atoms with E-state index in [0.29, 0.717) is 18.2 Å². The molecule has 1 amide bonds. The number of nitrogens with one attached hydrogen (secondary N) is 2. The van der Waals surface area contributed by atoms with Crippen LogP contribution in [0.1, 0.15) is 43.2 Å². The summed E-state index contributed by atoms with van der Waals surface area (Å²) in [4.78, 5) is 23.6. The van der Waals surface area contributed by atoms with Gasteiger partial charge in [-0.3, -0.25) is 9.59 Å². The molecule has 0 fully saturated rings. The molecule has 0 aliphatic carbocycles. The Balaban J connectivity index is 1.53. The van der Waals surface area contributed by atoms with Gasteiger partial charge in [0.05, 0.1) is 6.61 Å². The second kappa shape index (κ2) is 12.1. The SMILES string of the molecule is CCc1nnc(NC(=S)NC(=O)CCCC(=O)OCCCc2ccccc2)s1. The predicted molar refractivity (Wildman–Crippen MR) is 113 cm³/mol. The van der Waals surface area contributed by atoms with Crippen molar-refractivity contribution in [2.24, 2.45) is 0 Å². The molecule has 0 saturated heterocycles. The summed E-state index contributed by atoms with van der Waals surface area (Å²) in [6.45, 7) is 2.37. The molecule has 1 heterocycles. The molecular weight excluding hydrogens is 396 g/mol. The number of carbonyl (C=O) groups excluding carboxylic acids is 2. The van der Waals surface area contributed by atoms with Crippen molar-refractivity contribution in [1.82, 2.24) is 15.5 Å². The maximum Gasteiger partial charge on any atom is 0.305 e. The fraction of sp³-hybridized carbons (Fsp3) is 0.421. The monoisotopic (exact) mass is 420 g/mol. The number of ether oxygens (including phenoxy) is 1. The summed E-state index contributed by atoms with van der Waals surface area (Å²) in [5.41, 5.74) is 1.22. The molecule has 1 aromatic heterocycles. The lowest BCUT2D eigenvalue weighted by atomic mass is 10.1. The van der Waals surface area contributed by atoms with Crippen LogP contribution in [0.5, 0.6) is 0 Å². The van der Waals surface area contributed by atoms with Gasteiger partial charge >= 0.3 is 5.97 Å². The van der Waals surface area contributed by atoms with Gasteiger partial charge in [0.15, 0.2) is 5.11 Å². The molecule has 1 aromatic carbocycles. The Morgan fingerprint density at radius 1 is 1.14 bits per heavy atom. The fourth-order valence-electron chi connectivity index (χ4n) is 2.34. The highest BCUT2D eigenvalue weighted by Crippen LogP contribution is 2.15. The number of nitrogens with zero attached hydrogens (tertiary/aromatic N) is 2. The van der Waals surface area contributed by atoms with Gasteiger partial charge in [-0.15, -0.1) is 10.2 Å². The van der Waals surface area contributed by atoms with E-state index in [1.54, 1.807) is 0 Å². The highest BCUT2D eigenvalue weighted by molar-refractivity contribution is 7.80. The molecule has 2 rings (SSSR count). The van der Waals surface area contributed by atoms with Gasteiger partial charge in [0.2, 0.25) is 11.0 Å². The Morgan fingerprint density at radius 2 is 1.93 bits per heavy atom. The van der Waals surface area contributed by atoms with Crippen LogP contribution in [0.15, 0.2) is 30.3 Å². The van der Waals surface area contributed by atoms with Crippen LogP contribution in [0.4, 0.5) is 5.13 Å². The van der Waals surface area contributed by atoms with Gasteiger partial charge < -0.3 is 15.4 Å². The highest BCUT2D eigenvalue weighted by atomic mass is 32.1. The van der Waals surface area contributed by atoms with Crippen molar-refractivity contribution in [1.29, 1.82) is 0 Å². The minimum atomic E-state index is -0.289. The Hall–Kier alpha value is -2.39. The first-order chi connectivity index (χ1) is 13.6. The molecule has 0 aliphatic heterocycles. The number of aromatic nitrogens is 2. The zero-order chi connectivity index (χ0) is 20.2. The molecule has 0 unspecified atom stereocenters. The number of hydrogen-bond acceptors (Lipinski definition) is 7. The molecule has 2 N–H and O–H groups in total. The first kappa shape index (κ1) is 21.9. The van der Waals surface area contributed by atoms with E-state index in [1.807, 2.05) is 37.3 Å². The minimum Gasteiger partial charge on any atom is -0.466 e. The van der Waals surface area contributed by atoms with E-state index in [1.165, 1.54) is 16.9 Å². The summed E-state index contributed by atoms with van der Waals surface area (Å²) in [7, 11) is 0. The lowest BCUT2D eigenvalue weighted by molar-refractivity contribution is -0.143. The quantitative estimate of drug-likeness (QED) is 0.346. The number of anilines is 1. The van der Waals surface area contributed by atoms with Crippen LogP contribution in [0, 0.1) is 0 Å². The number of rotatable bonds is 10. The summed E-state index contributed by atoms with van der Waals surface area (Å²) in [5.74, 6) is -0.544. The third kappa shape index (κ3) is 8.53. The number of esters is 1. The third-order valence-corrected chi connectivity index (χ3v) is 4.93. The fourth-order valence-corrected chi connectivity index (χ4v) is 3.30. The van der Waals surface area contributed by atoms with Crippen molar-refractivity contribution in [3.8, 4) is 0 Å². The van der Waals surface area contributed by atoms with Crippen LogP contribution in [-0.4, -0.2) is 33.8 Å². The largest absolute Gasteiger partial charge is 0.466 e. The zero-order valence-corrected chi connectivity index (χ0v) is 17.4. The smallest absolute Gasteiger partial charge is 0.305 e. The molecule has 2 aromatic rings. The van der Waals surface area contributed by atoms with Gasteiger partial charge in [-0.1, -0.05) is 48.6 Å². The van der Waals surface area contributed by atoms with E-state index in [0.717, 1.165) is 24.3 Å². The number of thiocarbonyl (C=S) groups is 1. The Kier molecular flexibility index (Phi) is 9.50. The van der Waals surface area contributed by atoms with Crippen molar-refractivity contribution in [3.05, 3.63) is 40.9 Å². The maximum absolute atomic E-state index is 11.9. The predicted octanol–water partition coefficient (Wildman–Crippen LogP) is 3.26. The standard InChI is InChI=1S/C19H24N4O3S2/c1-2-16-22-23-19(28-16)21-18(27)20-15(24)11-6-12-17(25)26-13-7-10-14-8-4-3-5-9-14/h3-5,8-9H,2,6-7,10-13H2,1H3,(H2,20,21,23,24,27). The Bertz CT molecular complexity index is 780. The van der Waals surface area contributed by atoms with Crippen LogP contribution >= 0.6 is 23.6 Å². The van der Waals surface area contributed by atoms with Crippen molar-refractivity contribution in [2.75, 3.05) is 11.9 Å². The lowest BCUT2D eigenvalue weighted by Crippen LogP contribution is -2.34. The average Bonchev–Trinajstić information content (AvgIpc) is 3.13. The molecule has 150 valence electrons. The molecule has 0 radical (unpaired) electrons. The number of aryl methyl sites for hydroxylation is 2. The van der Waals surface area contributed by atoms with Crippen molar-refractivity contribution >= 4 is 45.7 Å². The second-order valence-corrected chi connectivity index (χ2v) is 7.49. The third-order valence-electron chi connectivity index (χ3n) is 3.74. The van der Waals surface area contributed by atoms with Crippen LogP contribution in [-0.2, 0) is 27.2 Å². The number of benzene rings is 1.